The molecular weight excluding hydrogens is 240 g/mol. The maximum Gasteiger partial charge on any atom is 0.251 e. The number of rotatable bonds is 3. The molecule has 1 aromatic heterocycles. The van der Waals surface area contributed by atoms with Gasteiger partial charge in [0.05, 0.1) is 17.4 Å². The van der Waals surface area contributed by atoms with Gasteiger partial charge >= 0.3 is 0 Å². The fraction of sp³-hybridized carbons (Fsp3) is 0.0909. The second kappa shape index (κ2) is 4.57. The molecule has 0 saturated heterocycles. The molecule has 17 heavy (non-hydrogen) atoms. The first-order valence-corrected chi connectivity index (χ1v) is 5.33. The van der Waals surface area contributed by atoms with Crippen molar-refractivity contribution in [3.8, 4) is 5.69 Å². The van der Waals surface area contributed by atoms with Crippen LogP contribution in [0.1, 0.15) is 15.9 Å². The van der Waals surface area contributed by atoms with Gasteiger partial charge in [-0.3, -0.25) is 4.79 Å². The number of carbonyl (C=O) groups is 1. The van der Waals surface area contributed by atoms with Crippen LogP contribution >= 0.6 is 11.6 Å². The summed E-state index contributed by atoms with van der Waals surface area (Å²) in [6.07, 6.45) is 2.96. The summed E-state index contributed by atoms with van der Waals surface area (Å²) < 4.78 is 1.53. The smallest absolute Gasteiger partial charge is 0.251 e. The molecule has 4 N–H and O–H groups in total. The second-order valence-corrected chi connectivity index (χ2v) is 3.92. The monoisotopic (exact) mass is 250 g/mol. The van der Waals surface area contributed by atoms with E-state index in [1.807, 2.05) is 12.1 Å². The Labute approximate surface area is 103 Å². The summed E-state index contributed by atoms with van der Waals surface area (Å²) in [6, 6.07) is 5.39. The predicted octanol–water partition coefficient (Wildman–Crippen LogP) is 1.08. The molecule has 88 valence electrons. The van der Waals surface area contributed by atoms with Gasteiger partial charge in [-0.05, 0) is 17.7 Å². The van der Waals surface area contributed by atoms with Gasteiger partial charge in [0.1, 0.15) is 0 Å². The van der Waals surface area contributed by atoms with Crippen LogP contribution in [0.4, 0.5) is 0 Å². The van der Waals surface area contributed by atoms with Crippen molar-refractivity contribution in [2.75, 3.05) is 0 Å². The molecular formula is C11H11ClN4O. The van der Waals surface area contributed by atoms with Gasteiger partial charge in [0, 0.05) is 17.8 Å². The van der Waals surface area contributed by atoms with Crippen molar-refractivity contribution in [2.45, 2.75) is 6.54 Å². The van der Waals surface area contributed by atoms with Crippen molar-refractivity contribution in [3.63, 3.8) is 0 Å². The van der Waals surface area contributed by atoms with E-state index in [0.717, 1.165) is 11.3 Å². The number of amides is 1. The number of hydrogen-bond donors (Lipinski definition) is 2. The Morgan fingerprint density at radius 2 is 2.24 bits per heavy atom. The van der Waals surface area contributed by atoms with Gasteiger partial charge in [-0.15, -0.1) is 0 Å². The van der Waals surface area contributed by atoms with Crippen molar-refractivity contribution in [2.24, 2.45) is 11.5 Å². The maximum atomic E-state index is 10.9. The molecule has 0 saturated carbocycles. The maximum absolute atomic E-state index is 10.9. The van der Waals surface area contributed by atoms with E-state index < -0.39 is 5.91 Å². The number of nitrogens with two attached hydrogens (primary N) is 2. The lowest BCUT2D eigenvalue weighted by Gasteiger charge is -2.05. The Kier molecular flexibility index (Phi) is 3.12. The zero-order valence-corrected chi connectivity index (χ0v) is 9.69. The van der Waals surface area contributed by atoms with Crippen LogP contribution in [0, 0.1) is 0 Å². The Morgan fingerprint density at radius 3 is 2.76 bits per heavy atom. The largest absolute Gasteiger partial charge is 0.366 e. The average Bonchev–Trinajstić information content (AvgIpc) is 2.78. The van der Waals surface area contributed by atoms with Gasteiger partial charge < -0.3 is 11.5 Å². The first-order chi connectivity index (χ1) is 8.11. The van der Waals surface area contributed by atoms with E-state index >= 15 is 0 Å². The van der Waals surface area contributed by atoms with E-state index in [-0.39, 0.29) is 0 Å². The highest BCUT2D eigenvalue weighted by Crippen LogP contribution is 2.19. The summed E-state index contributed by atoms with van der Waals surface area (Å²) in [5, 5.41) is 4.60. The van der Waals surface area contributed by atoms with Crippen LogP contribution in [0.15, 0.2) is 30.6 Å². The molecule has 0 aliphatic heterocycles. The molecule has 2 rings (SSSR count). The van der Waals surface area contributed by atoms with Crippen molar-refractivity contribution >= 4 is 17.5 Å². The van der Waals surface area contributed by atoms with Crippen molar-refractivity contribution in [1.29, 1.82) is 0 Å². The highest BCUT2D eigenvalue weighted by Gasteiger charge is 2.07. The molecule has 1 aromatic carbocycles. The molecule has 0 spiro atoms. The lowest BCUT2D eigenvalue weighted by Crippen LogP contribution is -2.09. The zero-order valence-electron chi connectivity index (χ0n) is 8.93. The van der Waals surface area contributed by atoms with Crippen LogP contribution in [-0.2, 0) is 6.54 Å². The number of halogens is 1. The van der Waals surface area contributed by atoms with Crippen LogP contribution < -0.4 is 11.5 Å². The summed E-state index contributed by atoms with van der Waals surface area (Å²) in [6.45, 7) is 0.380. The minimum Gasteiger partial charge on any atom is -0.366 e. The minimum atomic E-state index is -0.513. The predicted molar refractivity (Wildman–Crippen MR) is 65.0 cm³/mol. The molecule has 0 bridgehead atoms. The average molecular weight is 251 g/mol. The van der Waals surface area contributed by atoms with Crippen molar-refractivity contribution in [1.82, 2.24) is 9.78 Å². The van der Waals surface area contributed by atoms with Crippen LogP contribution in [0.5, 0.6) is 0 Å². The Balaban J connectivity index is 2.39. The van der Waals surface area contributed by atoms with E-state index in [0.29, 0.717) is 17.1 Å². The Bertz CT molecular complexity index is 564. The summed E-state index contributed by atoms with van der Waals surface area (Å²) in [4.78, 5) is 10.9. The summed E-state index contributed by atoms with van der Waals surface area (Å²) in [7, 11) is 0. The molecule has 0 unspecified atom stereocenters. The minimum absolute atomic E-state index is 0.351. The van der Waals surface area contributed by atoms with Crippen LogP contribution in [0.25, 0.3) is 5.69 Å². The number of benzene rings is 1. The van der Waals surface area contributed by atoms with E-state index in [2.05, 4.69) is 5.10 Å². The third-order valence-electron chi connectivity index (χ3n) is 2.39. The van der Waals surface area contributed by atoms with E-state index in [9.17, 15) is 4.79 Å². The fourth-order valence-corrected chi connectivity index (χ4v) is 1.69. The second-order valence-electron chi connectivity index (χ2n) is 3.52. The van der Waals surface area contributed by atoms with Crippen LogP contribution in [0.2, 0.25) is 5.02 Å². The normalized spacial score (nSPS) is 10.5. The zero-order chi connectivity index (χ0) is 12.4. The third kappa shape index (κ3) is 2.30. The first-order valence-electron chi connectivity index (χ1n) is 4.95. The number of nitrogens with zero attached hydrogens (tertiary/aromatic N) is 2. The molecule has 0 aliphatic rings. The van der Waals surface area contributed by atoms with E-state index in [1.54, 1.807) is 12.3 Å². The lowest BCUT2D eigenvalue weighted by atomic mass is 10.2. The summed E-state index contributed by atoms with van der Waals surface area (Å²) in [5.41, 5.74) is 12.6. The Morgan fingerprint density at radius 1 is 1.47 bits per heavy atom. The molecule has 2 aromatic rings. The van der Waals surface area contributed by atoms with Crippen LogP contribution in [-0.4, -0.2) is 15.7 Å². The fourth-order valence-electron chi connectivity index (χ4n) is 1.44. The first kappa shape index (κ1) is 11.6. The molecule has 0 fully saturated rings. The van der Waals surface area contributed by atoms with Gasteiger partial charge in [-0.25, -0.2) is 4.68 Å². The molecule has 0 aliphatic carbocycles. The SMILES string of the molecule is NCc1ccc(-n2cc(C(N)=O)cn2)cc1Cl. The van der Waals surface area contributed by atoms with Gasteiger partial charge in [0.15, 0.2) is 0 Å². The van der Waals surface area contributed by atoms with Gasteiger partial charge in [0.25, 0.3) is 5.91 Å². The standard InChI is InChI=1S/C11H11ClN4O/c12-10-3-9(2-1-7(10)4-13)16-6-8(5-15-16)11(14)17/h1-3,5-6H,4,13H2,(H2,14,17). The van der Waals surface area contributed by atoms with Crippen molar-refractivity contribution in [3.05, 3.63) is 46.7 Å². The molecule has 6 heteroatoms. The number of hydrogen-bond acceptors (Lipinski definition) is 3. The highest BCUT2D eigenvalue weighted by molar-refractivity contribution is 6.31. The van der Waals surface area contributed by atoms with Gasteiger partial charge in [-0.2, -0.15) is 5.10 Å². The third-order valence-corrected chi connectivity index (χ3v) is 2.74. The summed E-state index contributed by atoms with van der Waals surface area (Å²) >= 11 is 6.04. The van der Waals surface area contributed by atoms with Gasteiger partial charge in [0.2, 0.25) is 0 Å². The van der Waals surface area contributed by atoms with Crippen molar-refractivity contribution < 1.29 is 4.79 Å². The van der Waals surface area contributed by atoms with Gasteiger partial charge in [-0.1, -0.05) is 17.7 Å². The molecule has 1 heterocycles. The Hall–Kier alpha value is -1.85. The topological polar surface area (TPSA) is 86.9 Å². The number of primary amides is 1. The van der Waals surface area contributed by atoms with E-state index in [1.165, 1.54) is 10.9 Å². The number of carbonyl (C=O) groups excluding carboxylic acids is 1. The van der Waals surface area contributed by atoms with Crippen LogP contribution in [0.3, 0.4) is 0 Å². The van der Waals surface area contributed by atoms with E-state index in [4.69, 9.17) is 23.1 Å². The molecule has 0 radical (unpaired) electrons. The lowest BCUT2D eigenvalue weighted by molar-refractivity contribution is 0.100. The summed E-state index contributed by atoms with van der Waals surface area (Å²) in [5.74, 6) is -0.513. The molecule has 5 nitrogen and oxygen atoms in total. The molecule has 1 amide bonds. The quantitative estimate of drug-likeness (QED) is 0.855. The number of aromatic nitrogens is 2. The molecule has 0 atom stereocenters. The highest BCUT2D eigenvalue weighted by atomic mass is 35.5.